The number of hydrogen-bond donors (Lipinski definition) is 1. The second-order valence-electron chi connectivity index (χ2n) is 5.06. The summed E-state index contributed by atoms with van der Waals surface area (Å²) in [5, 5.41) is 10.1. The third kappa shape index (κ3) is 1.71. The predicted molar refractivity (Wildman–Crippen MR) is 79.0 cm³/mol. The van der Waals surface area contributed by atoms with Crippen molar-refractivity contribution in [1.82, 2.24) is 14.1 Å². The topological polar surface area (TPSA) is 60.1 Å². The minimum Gasteiger partial charge on any atom is -0.503 e. The summed E-state index contributed by atoms with van der Waals surface area (Å²) in [7, 11) is 0. The van der Waals surface area contributed by atoms with Gasteiger partial charge in [0.15, 0.2) is 11.6 Å². The van der Waals surface area contributed by atoms with Gasteiger partial charge in [0.05, 0.1) is 11.9 Å². The van der Waals surface area contributed by atoms with Gasteiger partial charge < -0.3 is 14.2 Å². The smallest absolute Gasteiger partial charge is 0.223 e. The maximum atomic E-state index is 11.7. The van der Waals surface area contributed by atoms with E-state index < -0.39 is 0 Å². The Kier molecular flexibility index (Phi) is 2.47. The predicted octanol–water partition coefficient (Wildman–Crippen LogP) is 2.10. The molecule has 1 aliphatic rings. The van der Waals surface area contributed by atoms with Crippen molar-refractivity contribution in [2.24, 2.45) is 0 Å². The molecular weight excluding hydrogens is 266 g/mol. The molecule has 0 aliphatic carbocycles. The Balaban J connectivity index is 1.96. The molecule has 1 aliphatic heterocycles. The summed E-state index contributed by atoms with van der Waals surface area (Å²) >= 11 is 0. The quantitative estimate of drug-likeness (QED) is 0.742. The first kappa shape index (κ1) is 12.0. The van der Waals surface area contributed by atoms with Crippen molar-refractivity contribution in [2.45, 2.75) is 13.1 Å². The number of fused-ring (bicyclic) bond motifs is 3. The van der Waals surface area contributed by atoms with Crippen molar-refractivity contribution in [3.8, 4) is 28.5 Å². The third-order valence-corrected chi connectivity index (χ3v) is 3.85. The zero-order valence-corrected chi connectivity index (χ0v) is 11.2. The molecule has 0 saturated carbocycles. The zero-order valence-electron chi connectivity index (χ0n) is 11.2. The van der Waals surface area contributed by atoms with Gasteiger partial charge in [-0.3, -0.25) is 4.79 Å². The highest BCUT2D eigenvalue weighted by Gasteiger charge is 2.23. The van der Waals surface area contributed by atoms with Crippen LogP contribution in [0.3, 0.4) is 0 Å². The van der Waals surface area contributed by atoms with Crippen LogP contribution in [0.4, 0.5) is 0 Å². The van der Waals surface area contributed by atoms with Gasteiger partial charge >= 0.3 is 0 Å². The van der Waals surface area contributed by atoms with Crippen molar-refractivity contribution in [2.75, 3.05) is 0 Å². The molecule has 1 aromatic carbocycles. The van der Waals surface area contributed by atoms with Gasteiger partial charge in [-0.15, -0.1) is 0 Å². The Bertz CT molecular complexity index is 878. The molecule has 0 spiro atoms. The molecule has 5 nitrogen and oxygen atoms in total. The molecule has 0 unspecified atom stereocenters. The summed E-state index contributed by atoms with van der Waals surface area (Å²) in [5.41, 5.74) is 2.19. The molecule has 0 amide bonds. The van der Waals surface area contributed by atoms with E-state index in [1.807, 2.05) is 39.5 Å². The molecule has 0 fully saturated rings. The van der Waals surface area contributed by atoms with Gasteiger partial charge in [-0.1, -0.05) is 30.3 Å². The first-order valence-electron chi connectivity index (χ1n) is 6.79. The van der Waals surface area contributed by atoms with Crippen LogP contribution in [0.1, 0.15) is 0 Å². The Morgan fingerprint density at radius 2 is 1.90 bits per heavy atom. The van der Waals surface area contributed by atoms with Gasteiger partial charge in [0.2, 0.25) is 5.43 Å². The maximum absolute atomic E-state index is 11.7. The fourth-order valence-corrected chi connectivity index (χ4v) is 2.82. The average molecular weight is 279 g/mol. The average Bonchev–Trinajstić information content (AvgIpc) is 2.95. The van der Waals surface area contributed by atoms with E-state index in [9.17, 15) is 9.90 Å². The van der Waals surface area contributed by atoms with Crippen LogP contribution >= 0.6 is 0 Å². The van der Waals surface area contributed by atoms with Gasteiger partial charge in [-0.25, -0.2) is 4.98 Å². The minimum absolute atomic E-state index is 0.233. The highest BCUT2D eigenvalue weighted by molar-refractivity contribution is 5.68. The van der Waals surface area contributed by atoms with Crippen LogP contribution in [-0.4, -0.2) is 19.2 Å². The molecule has 21 heavy (non-hydrogen) atoms. The Morgan fingerprint density at radius 1 is 1.10 bits per heavy atom. The molecule has 0 atom stereocenters. The lowest BCUT2D eigenvalue weighted by molar-refractivity contribution is 0.453. The summed E-state index contributed by atoms with van der Waals surface area (Å²) in [6.07, 6.45) is 3.50. The number of pyridine rings is 1. The van der Waals surface area contributed by atoms with Crippen molar-refractivity contribution in [3.63, 3.8) is 0 Å². The molecule has 2 aromatic heterocycles. The van der Waals surface area contributed by atoms with Crippen LogP contribution in [0.25, 0.3) is 22.8 Å². The standard InChI is InChI=1S/C16H13N3O2/c20-13-6-7-18-8-9-19-12(11-4-2-1-3-5-11)10-17-16(19)14(18)15(13)21/h1-7,10,21H,8-9H2. The van der Waals surface area contributed by atoms with E-state index in [4.69, 9.17) is 0 Å². The number of benzene rings is 1. The molecule has 3 aromatic rings. The summed E-state index contributed by atoms with van der Waals surface area (Å²) in [4.78, 5) is 16.1. The van der Waals surface area contributed by atoms with Gasteiger partial charge in [-0.05, 0) is 5.56 Å². The first-order chi connectivity index (χ1) is 10.3. The molecule has 4 rings (SSSR count). The van der Waals surface area contributed by atoms with Gasteiger partial charge in [0.25, 0.3) is 0 Å². The first-order valence-corrected chi connectivity index (χ1v) is 6.79. The number of rotatable bonds is 1. The van der Waals surface area contributed by atoms with Crippen molar-refractivity contribution in [3.05, 3.63) is 59.0 Å². The fraction of sp³-hybridized carbons (Fsp3) is 0.125. The Hall–Kier alpha value is -2.82. The number of nitrogens with zero attached hydrogens (tertiary/aromatic N) is 3. The molecule has 5 heteroatoms. The molecule has 0 radical (unpaired) electrons. The second-order valence-corrected chi connectivity index (χ2v) is 5.06. The van der Waals surface area contributed by atoms with E-state index in [-0.39, 0.29) is 11.2 Å². The van der Waals surface area contributed by atoms with Crippen LogP contribution in [0, 0.1) is 0 Å². The molecule has 3 heterocycles. The van der Waals surface area contributed by atoms with E-state index in [0.717, 1.165) is 17.8 Å². The maximum Gasteiger partial charge on any atom is 0.223 e. The van der Waals surface area contributed by atoms with Crippen LogP contribution < -0.4 is 5.43 Å². The Labute approximate surface area is 120 Å². The van der Waals surface area contributed by atoms with Crippen molar-refractivity contribution >= 4 is 0 Å². The minimum atomic E-state index is -0.376. The summed E-state index contributed by atoms with van der Waals surface area (Å²) < 4.78 is 3.91. The summed E-state index contributed by atoms with van der Waals surface area (Å²) in [6.45, 7) is 1.46. The van der Waals surface area contributed by atoms with Crippen molar-refractivity contribution < 1.29 is 5.11 Å². The zero-order chi connectivity index (χ0) is 14.4. The molecule has 1 N–H and O–H groups in total. The normalized spacial score (nSPS) is 12.8. The molecule has 0 saturated heterocycles. The highest BCUT2D eigenvalue weighted by Crippen LogP contribution is 2.32. The van der Waals surface area contributed by atoms with Gasteiger partial charge in [0, 0.05) is 25.4 Å². The summed E-state index contributed by atoms with van der Waals surface area (Å²) in [6, 6.07) is 11.4. The van der Waals surface area contributed by atoms with E-state index in [1.165, 1.54) is 6.07 Å². The lowest BCUT2D eigenvalue weighted by Crippen LogP contribution is -2.21. The summed E-state index contributed by atoms with van der Waals surface area (Å²) in [5.74, 6) is 0.402. The molecule has 0 bridgehead atoms. The monoisotopic (exact) mass is 279 g/mol. The van der Waals surface area contributed by atoms with Crippen LogP contribution in [0.5, 0.6) is 5.75 Å². The third-order valence-electron chi connectivity index (χ3n) is 3.85. The number of hydrogen-bond acceptors (Lipinski definition) is 3. The van der Waals surface area contributed by atoms with E-state index in [0.29, 0.717) is 18.1 Å². The largest absolute Gasteiger partial charge is 0.503 e. The van der Waals surface area contributed by atoms with Crippen LogP contribution in [0.2, 0.25) is 0 Å². The lowest BCUT2D eigenvalue weighted by Gasteiger charge is -2.22. The number of aromatic nitrogens is 3. The van der Waals surface area contributed by atoms with Crippen LogP contribution in [-0.2, 0) is 13.1 Å². The SMILES string of the molecule is O=c1ccn2c(c1O)-c1ncc(-c3ccccc3)n1CC2. The fourth-order valence-electron chi connectivity index (χ4n) is 2.82. The van der Waals surface area contributed by atoms with E-state index in [2.05, 4.69) is 4.98 Å². The number of aryl methyl sites for hydroxylation is 1. The van der Waals surface area contributed by atoms with Crippen molar-refractivity contribution in [1.29, 1.82) is 0 Å². The number of aromatic hydroxyl groups is 1. The van der Waals surface area contributed by atoms with Gasteiger partial charge in [0.1, 0.15) is 5.69 Å². The van der Waals surface area contributed by atoms with Gasteiger partial charge in [-0.2, -0.15) is 0 Å². The highest BCUT2D eigenvalue weighted by atomic mass is 16.3. The van der Waals surface area contributed by atoms with E-state index >= 15 is 0 Å². The Morgan fingerprint density at radius 3 is 2.71 bits per heavy atom. The van der Waals surface area contributed by atoms with E-state index in [1.54, 1.807) is 12.4 Å². The lowest BCUT2D eigenvalue weighted by atomic mass is 10.1. The second kappa shape index (κ2) is 4.34. The molecular formula is C16H13N3O2. The van der Waals surface area contributed by atoms with Crippen LogP contribution in [0.15, 0.2) is 53.6 Å². The number of imidazole rings is 1. The molecule has 104 valence electrons.